The van der Waals surface area contributed by atoms with Crippen molar-refractivity contribution in [2.75, 3.05) is 6.61 Å². The normalized spacial score (nSPS) is 9.83. The lowest BCUT2D eigenvalue weighted by atomic mass is 10.6. The molecule has 1 aromatic rings. The Morgan fingerprint density at radius 1 is 1.83 bits per heavy atom. The second-order valence-electron chi connectivity index (χ2n) is 2.34. The minimum atomic E-state index is 0.482. The standard InChI is InChI=1S/C8H11BrN2O/c1-3-11-5-8(4-10-11)12-6-7(2)9/h4-5H,2-3,6H2,1H3. The maximum absolute atomic E-state index is 5.32. The average molecular weight is 231 g/mol. The van der Waals surface area contributed by atoms with Crippen molar-refractivity contribution in [2.24, 2.45) is 0 Å². The first-order valence-electron chi connectivity index (χ1n) is 3.71. The molecule has 1 aromatic heterocycles. The van der Waals surface area contributed by atoms with Gasteiger partial charge in [0.15, 0.2) is 5.75 Å². The van der Waals surface area contributed by atoms with Crippen molar-refractivity contribution in [3.63, 3.8) is 0 Å². The zero-order valence-corrected chi connectivity index (χ0v) is 8.54. The third-order valence-corrected chi connectivity index (χ3v) is 1.56. The molecule has 4 heteroatoms. The van der Waals surface area contributed by atoms with Crippen molar-refractivity contribution in [3.05, 3.63) is 23.5 Å². The Bertz CT molecular complexity index is 270. The summed E-state index contributed by atoms with van der Waals surface area (Å²) in [6.07, 6.45) is 3.55. The average Bonchev–Trinajstić information content (AvgIpc) is 2.48. The summed E-state index contributed by atoms with van der Waals surface area (Å²) in [7, 11) is 0. The monoisotopic (exact) mass is 230 g/mol. The molecule has 0 fully saturated rings. The number of rotatable bonds is 4. The van der Waals surface area contributed by atoms with E-state index in [4.69, 9.17) is 4.74 Å². The van der Waals surface area contributed by atoms with Crippen LogP contribution in [0, 0.1) is 0 Å². The van der Waals surface area contributed by atoms with Crippen LogP contribution < -0.4 is 4.74 Å². The van der Waals surface area contributed by atoms with Gasteiger partial charge < -0.3 is 4.74 Å². The largest absolute Gasteiger partial charge is 0.485 e. The molecule has 0 atom stereocenters. The van der Waals surface area contributed by atoms with Gasteiger partial charge in [-0.05, 0) is 6.92 Å². The summed E-state index contributed by atoms with van der Waals surface area (Å²) in [6.45, 7) is 7.03. The predicted molar refractivity (Wildman–Crippen MR) is 51.5 cm³/mol. The van der Waals surface area contributed by atoms with Gasteiger partial charge in [0, 0.05) is 11.0 Å². The van der Waals surface area contributed by atoms with E-state index in [2.05, 4.69) is 27.6 Å². The minimum Gasteiger partial charge on any atom is -0.485 e. The zero-order chi connectivity index (χ0) is 8.97. The molecular weight excluding hydrogens is 220 g/mol. The number of hydrogen-bond acceptors (Lipinski definition) is 2. The van der Waals surface area contributed by atoms with Crippen LogP contribution in [0.5, 0.6) is 5.75 Å². The number of aromatic nitrogens is 2. The molecular formula is C8H11BrN2O. The maximum Gasteiger partial charge on any atom is 0.157 e. The molecule has 0 saturated heterocycles. The van der Waals surface area contributed by atoms with Crippen LogP contribution in [0.15, 0.2) is 23.5 Å². The lowest BCUT2D eigenvalue weighted by Crippen LogP contribution is -1.95. The van der Waals surface area contributed by atoms with Crippen molar-refractivity contribution in [2.45, 2.75) is 13.5 Å². The van der Waals surface area contributed by atoms with E-state index in [1.165, 1.54) is 0 Å². The van der Waals surface area contributed by atoms with Crippen LogP contribution in [0.2, 0.25) is 0 Å². The predicted octanol–water partition coefficient (Wildman–Crippen LogP) is 2.19. The lowest BCUT2D eigenvalue weighted by molar-refractivity contribution is 0.360. The fraction of sp³-hybridized carbons (Fsp3) is 0.375. The molecule has 0 aliphatic carbocycles. The topological polar surface area (TPSA) is 27.1 Å². The molecule has 0 aromatic carbocycles. The summed E-state index contributed by atoms with van der Waals surface area (Å²) in [6, 6.07) is 0. The fourth-order valence-electron chi connectivity index (χ4n) is 0.754. The van der Waals surface area contributed by atoms with E-state index in [0.29, 0.717) is 6.61 Å². The smallest absolute Gasteiger partial charge is 0.157 e. The molecule has 1 heterocycles. The molecule has 0 amide bonds. The van der Waals surface area contributed by atoms with Gasteiger partial charge in [0.05, 0.1) is 12.4 Å². The van der Waals surface area contributed by atoms with Crippen LogP contribution in [0.1, 0.15) is 6.92 Å². The highest BCUT2D eigenvalue weighted by Crippen LogP contribution is 2.10. The fourth-order valence-corrected chi connectivity index (χ4v) is 0.868. The second kappa shape index (κ2) is 4.30. The van der Waals surface area contributed by atoms with Gasteiger partial charge in [-0.15, -0.1) is 0 Å². The second-order valence-corrected chi connectivity index (χ2v) is 3.46. The van der Waals surface area contributed by atoms with Gasteiger partial charge in [-0.3, -0.25) is 4.68 Å². The van der Waals surface area contributed by atoms with Crippen molar-refractivity contribution in [3.8, 4) is 5.75 Å². The number of hydrogen-bond donors (Lipinski definition) is 0. The van der Waals surface area contributed by atoms with Gasteiger partial charge in [0.25, 0.3) is 0 Å². The van der Waals surface area contributed by atoms with Crippen LogP contribution in [-0.2, 0) is 6.54 Å². The van der Waals surface area contributed by atoms with Gasteiger partial charge >= 0.3 is 0 Å². The molecule has 1 rings (SSSR count). The van der Waals surface area contributed by atoms with Crippen molar-refractivity contribution in [1.82, 2.24) is 9.78 Å². The molecule has 0 radical (unpaired) electrons. The molecule has 0 spiro atoms. The van der Waals surface area contributed by atoms with Crippen LogP contribution in [0.4, 0.5) is 0 Å². The van der Waals surface area contributed by atoms with Gasteiger partial charge in [-0.25, -0.2) is 0 Å². The van der Waals surface area contributed by atoms with Gasteiger partial charge in [-0.1, -0.05) is 22.5 Å². The number of ether oxygens (including phenoxy) is 1. The number of nitrogens with zero attached hydrogens (tertiary/aromatic N) is 2. The van der Waals surface area contributed by atoms with E-state index in [0.717, 1.165) is 16.8 Å². The molecule has 12 heavy (non-hydrogen) atoms. The summed E-state index contributed by atoms with van der Waals surface area (Å²) in [5, 5.41) is 4.06. The van der Waals surface area contributed by atoms with Crippen molar-refractivity contribution >= 4 is 15.9 Å². The Labute approximate surface area is 80.2 Å². The Morgan fingerprint density at radius 3 is 3.08 bits per heavy atom. The van der Waals surface area contributed by atoms with Crippen molar-refractivity contribution < 1.29 is 4.74 Å². The first-order chi connectivity index (χ1) is 5.72. The molecule has 3 nitrogen and oxygen atoms in total. The first-order valence-corrected chi connectivity index (χ1v) is 4.50. The third kappa shape index (κ3) is 2.70. The SMILES string of the molecule is C=C(Br)COc1cnn(CC)c1. The third-order valence-electron chi connectivity index (χ3n) is 1.33. The Balaban J connectivity index is 2.47. The van der Waals surface area contributed by atoms with Crippen LogP contribution in [0.25, 0.3) is 0 Å². The quantitative estimate of drug-likeness (QED) is 0.794. The van der Waals surface area contributed by atoms with Crippen LogP contribution in [0.3, 0.4) is 0 Å². The molecule has 0 N–H and O–H groups in total. The van der Waals surface area contributed by atoms with E-state index >= 15 is 0 Å². The number of halogens is 1. The Kier molecular flexibility index (Phi) is 3.34. The highest BCUT2D eigenvalue weighted by Gasteiger charge is 1.97. The van der Waals surface area contributed by atoms with Gasteiger partial charge in [0.2, 0.25) is 0 Å². The summed E-state index contributed by atoms with van der Waals surface area (Å²) < 4.78 is 7.96. The highest BCUT2D eigenvalue weighted by molar-refractivity contribution is 9.11. The summed E-state index contributed by atoms with van der Waals surface area (Å²) in [4.78, 5) is 0. The highest BCUT2D eigenvalue weighted by atomic mass is 79.9. The summed E-state index contributed by atoms with van der Waals surface area (Å²) >= 11 is 3.21. The van der Waals surface area contributed by atoms with E-state index in [1.54, 1.807) is 6.20 Å². The molecule has 0 aliphatic rings. The van der Waals surface area contributed by atoms with Crippen LogP contribution >= 0.6 is 15.9 Å². The van der Waals surface area contributed by atoms with E-state index in [-0.39, 0.29) is 0 Å². The first kappa shape index (κ1) is 9.32. The molecule has 0 aliphatic heterocycles. The molecule has 66 valence electrons. The summed E-state index contributed by atoms with van der Waals surface area (Å²) in [5.41, 5.74) is 0. The molecule has 0 bridgehead atoms. The number of aryl methyl sites for hydroxylation is 1. The van der Waals surface area contributed by atoms with E-state index < -0.39 is 0 Å². The van der Waals surface area contributed by atoms with Crippen molar-refractivity contribution in [1.29, 1.82) is 0 Å². The minimum absolute atomic E-state index is 0.482. The summed E-state index contributed by atoms with van der Waals surface area (Å²) in [5.74, 6) is 0.775. The molecule has 0 unspecified atom stereocenters. The van der Waals surface area contributed by atoms with Crippen LogP contribution in [-0.4, -0.2) is 16.4 Å². The molecule has 0 saturated carbocycles. The van der Waals surface area contributed by atoms with Gasteiger partial charge in [-0.2, -0.15) is 5.10 Å². The Hall–Kier alpha value is -0.770. The van der Waals surface area contributed by atoms with E-state index in [1.807, 2.05) is 17.8 Å². The van der Waals surface area contributed by atoms with E-state index in [9.17, 15) is 0 Å². The zero-order valence-electron chi connectivity index (χ0n) is 6.96. The Morgan fingerprint density at radius 2 is 2.58 bits per heavy atom. The lowest BCUT2D eigenvalue weighted by Gasteiger charge is -1.99. The van der Waals surface area contributed by atoms with Gasteiger partial charge in [0.1, 0.15) is 6.61 Å². The maximum atomic E-state index is 5.32.